The molecule has 138 valence electrons. The molecule has 0 aromatic heterocycles. The van der Waals surface area contributed by atoms with Crippen molar-refractivity contribution in [2.24, 2.45) is 0 Å². The third kappa shape index (κ3) is 17.1. The SMILES string of the molecule is CC.CC.CNCCCCC(C(C)=O)N(CC(C)=O)CC(C)=O. The Kier molecular flexibility index (Phi) is 22.1. The van der Waals surface area contributed by atoms with Crippen LogP contribution in [0, 0.1) is 0 Å². The van der Waals surface area contributed by atoms with E-state index in [1.165, 1.54) is 20.8 Å². The lowest BCUT2D eigenvalue weighted by Crippen LogP contribution is -2.45. The lowest BCUT2D eigenvalue weighted by atomic mass is 10.0. The Hall–Kier alpha value is -1.07. The minimum atomic E-state index is -0.329. The highest BCUT2D eigenvalue weighted by molar-refractivity contribution is 5.85. The Morgan fingerprint density at radius 1 is 0.870 bits per heavy atom. The molecule has 5 heteroatoms. The van der Waals surface area contributed by atoms with Crippen molar-refractivity contribution < 1.29 is 14.4 Å². The Balaban J connectivity index is -0.000000919. The highest BCUT2D eigenvalue weighted by Crippen LogP contribution is 2.10. The predicted molar refractivity (Wildman–Crippen MR) is 97.9 cm³/mol. The van der Waals surface area contributed by atoms with Gasteiger partial charge in [-0.25, -0.2) is 0 Å². The van der Waals surface area contributed by atoms with Crippen LogP contribution in [0.3, 0.4) is 0 Å². The molecule has 0 aromatic carbocycles. The van der Waals surface area contributed by atoms with Crippen LogP contribution in [0.1, 0.15) is 67.7 Å². The fourth-order valence-corrected chi connectivity index (χ4v) is 2.13. The van der Waals surface area contributed by atoms with E-state index in [-0.39, 0.29) is 36.5 Å². The van der Waals surface area contributed by atoms with Gasteiger partial charge in [-0.3, -0.25) is 19.3 Å². The molecule has 0 amide bonds. The maximum Gasteiger partial charge on any atom is 0.146 e. The third-order valence-electron chi connectivity index (χ3n) is 2.92. The molecule has 0 heterocycles. The molecular formula is C18H38N2O3. The van der Waals surface area contributed by atoms with Crippen LogP contribution in [0.2, 0.25) is 0 Å². The largest absolute Gasteiger partial charge is 0.320 e. The van der Waals surface area contributed by atoms with Gasteiger partial charge in [0.05, 0.1) is 19.1 Å². The Labute approximate surface area is 143 Å². The number of carbonyl (C=O) groups excluding carboxylic acids is 3. The maximum atomic E-state index is 11.7. The van der Waals surface area contributed by atoms with Gasteiger partial charge < -0.3 is 5.32 Å². The molecule has 0 spiro atoms. The van der Waals surface area contributed by atoms with Crippen molar-refractivity contribution in [1.82, 2.24) is 10.2 Å². The number of unbranched alkanes of at least 4 members (excludes halogenated alkanes) is 1. The summed E-state index contributed by atoms with van der Waals surface area (Å²) in [7, 11) is 1.89. The Morgan fingerprint density at radius 3 is 1.61 bits per heavy atom. The van der Waals surface area contributed by atoms with E-state index in [2.05, 4.69) is 5.32 Å². The lowest BCUT2D eigenvalue weighted by molar-refractivity contribution is -0.127. The van der Waals surface area contributed by atoms with Crippen molar-refractivity contribution in [2.75, 3.05) is 26.7 Å². The summed E-state index contributed by atoms with van der Waals surface area (Å²) in [5.74, 6) is -0.0302. The zero-order valence-corrected chi connectivity index (χ0v) is 16.5. The van der Waals surface area contributed by atoms with Gasteiger partial charge in [-0.05, 0) is 47.2 Å². The second kappa shape index (κ2) is 19.0. The van der Waals surface area contributed by atoms with E-state index in [4.69, 9.17) is 0 Å². The summed E-state index contributed by atoms with van der Waals surface area (Å²) in [6.07, 6.45) is 2.57. The van der Waals surface area contributed by atoms with E-state index in [0.717, 1.165) is 19.4 Å². The zero-order chi connectivity index (χ0) is 18.8. The summed E-state index contributed by atoms with van der Waals surface area (Å²) in [6, 6.07) is -0.329. The fourth-order valence-electron chi connectivity index (χ4n) is 2.13. The first-order valence-electron chi connectivity index (χ1n) is 8.76. The van der Waals surface area contributed by atoms with Gasteiger partial charge in [0.15, 0.2) is 0 Å². The molecule has 0 aliphatic rings. The molecule has 0 saturated heterocycles. The number of nitrogens with one attached hydrogen (secondary N) is 1. The van der Waals surface area contributed by atoms with Gasteiger partial charge in [-0.1, -0.05) is 34.1 Å². The first-order valence-corrected chi connectivity index (χ1v) is 8.76. The second-order valence-corrected chi connectivity index (χ2v) is 5.03. The third-order valence-corrected chi connectivity index (χ3v) is 2.92. The van der Waals surface area contributed by atoms with E-state index in [0.29, 0.717) is 6.42 Å². The van der Waals surface area contributed by atoms with Crippen molar-refractivity contribution in [3.63, 3.8) is 0 Å². The average molecular weight is 331 g/mol. The van der Waals surface area contributed by atoms with Gasteiger partial charge in [-0.15, -0.1) is 0 Å². The topological polar surface area (TPSA) is 66.5 Å². The minimum Gasteiger partial charge on any atom is -0.320 e. The predicted octanol–water partition coefficient (Wildman–Crippen LogP) is 2.87. The van der Waals surface area contributed by atoms with E-state index in [1.54, 1.807) is 4.90 Å². The monoisotopic (exact) mass is 330 g/mol. The first-order chi connectivity index (χ1) is 10.9. The van der Waals surface area contributed by atoms with Gasteiger partial charge in [0.25, 0.3) is 0 Å². The van der Waals surface area contributed by atoms with Crippen LogP contribution in [0.15, 0.2) is 0 Å². The summed E-state index contributed by atoms with van der Waals surface area (Å²) in [5, 5.41) is 3.06. The molecule has 1 atom stereocenters. The van der Waals surface area contributed by atoms with E-state index in [1.807, 2.05) is 34.7 Å². The van der Waals surface area contributed by atoms with Crippen LogP contribution in [-0.2, 0) is 14.4 Å². The smallest absolute Gasteiger partial charge is 0.146 e. The molecule has 23 heavy (non-hydrogen) atoms. The number of hydrogen-bond acceptors (Lipinski definition) is 5. The quantitative estimate of drug-likeness (QED) is 0.590. The van der Waals surface area contributed by atoms with Crippen LogP contribution in [0.4, 0.5) is 0 Å². The zero-order valence-electron chi connectivity index (χ0n) is 16.5. The molecule has 1 N–H and O–H groups in total. The normalized spacial score (nSPS) is 10.8. The number of ketones is 3. The maximum absolute atomic E-state index is 11.7. The molecule has 0 rings (SSSR count). The van der Waals surface area contributed by atoms with Crippen LogP contribution in [0.5, 0.6) is 0 Å². The van der Waals surface area contributed by atoms with Gasteiger partial charge in [0.1, 0.15) is 17.3 Å². The Bertz CT molecular complexity index is 301. The van der Waals surface area contributed by atoms with Crippen LogP contribution >= 0.6 is 0 Å². The number of carbonyl (C=O) groups is 3. The van der Waals surface area contributed by atoms with E-state index < -0.39 is 0 Å². The fraction of sp³-hybridized carbons (Fsp3) is 0.833. The molecule has 1 unspecified atom stereocenters. The van der Waals surface area contributed by atoms with Crippen LogP contribution in [-0.4, -0.2) is 55.0 Å². The van der Waals surface area contributed by atoms with Gasteiger partial charge in [-0.2, -0.15) is 0 Å². The molecular weight excluding hydrogens is 292 g/mol. The number of nitrogens with zero attached hydrogens (tertiary/aromatic N) is 1. The number of rotatable bonds is 11. The summed E-state index contributed by atoms with van der Waals surface area (Å²) >= 11 is 0. The first kappa shape index (κ1) is 26.8. The highest BCUT2D eigenvalue weighted by Gasteiger charge is 2.24. The van der Waals surface area contributed by atoms with Gasteiger partial charge in [0.2, 0.25) is 0 Å². The van der Waals surface area contributed by atoms with Crippen molar-refractivity contribution >= 4 is 17.3 Å². The molecule has 0 aliphatic carbocycles. The number of hydrogen-bond donors (Lipinski definition) is 1. The van der Waals surface area contributed by atoms with Crippen molar-refractivity contribution in [1.29, 1.82) is 0 Å². The molecule has 0 aliphatic heterocycles. The average Bonchev–Trinajstić information content (AvgIpc) is 2.49. The second-order valence-electron chi connectivity index (χ2n) is 5.03. The van der Waals surface area contributed by atoms with Crippen molar-refractivity contribution in [2.45, 2.75) is 73.8 Å². The minimum absolute atomic E-state index is 0.0203. The standard InChI is InChI=1S/C14H26N2O3.2C2H6/c1-11(17)9-16(10-12(2)18)14(13(3)19)7-5-6-8-15-4;2*1-2/h14-15H,5-10H2,1-4H3;2*1-2H3. The molecule has 0 saturated carbocycles. The van der Waals surface area contributed by atoms with E-state index in [9.17, 15) is 14.4 Å². The van der Waals surface area contributed by atoms with E-state index >= 15 is 0 Å². The van der Waals surface area contributed by atoms with Gasteiger partial charge >= 0.3 is 0 Å². The summed E-state index contributed by atoms with van der Waals surface area (Å²) in [6.45, 7) is 13.7. The summed E-state index contributed by atoms with van der Waals surface area (Å²) in [4.78, 5) is 36.0. The Morgan fingerprint density at radius 2 is 1.30 bits per heavy atom. The molecule has 5 nitrogen and oxygen atoms in total. The number of Topliss-reactive ketones (excluding diaryl/α,β-unsaturated/α-hetero) is 3. The molecule has 0 bridgehead atoms. The molecule has 0 aromatic rings. The lowest BCUT2D eigenvalue weighted by Gasteiger charge is -2.28. The van der Waals surface area contributed by atoms with Crippen LogP contribution < -0.4 is 5.32 Å². The summed E-state index contributed by atoms with van der Waals surface area (Å²) in [5.41, 5.74) is 0. The van der Waals surface area contributed by atoms with Crippen LogP contribution in [0.25, 0.3) is 0 Å². The van der Waals surface area contributed by atoms with Crippen molar-refractivity contribution in [3.05, 3.63) is 0 Å². The molecule has 0 fully saturated rings. The van der Waals surface area contributed by atoms with Gasteiger partial charge in [0, 0.05) is 0 Å². The summed E-state index contributed by atoms with van der Waals surface area (Å²) < 4.78 is 0. The van der Waals surface area contributed by atoms with Crippen molar-refractivity contribution in [3.8, 4) is 0 Å². The highest BCUT2D eigenvalue weighted by atomic mass is 16.1. The molecule has 0 radical (unpaired) electrons.